The molecule has 0 radical (unpaired) electrons. The maximum Gasteiger partial charge on any atom is 0.251 e. The van der Waals surface area contributed by atoms with Crippen LogP contribution in [0.4, 0.5) is 0 Å². The Balaban J connectivity index is 1.51. The number of rotatable bonds is 8. The Morgan fingerprint density at radius 3 is 2.44 bits per heavy atom. The third kappa shape index (κ3) is 4.99. The highest BCUT2D eigenvalue weighted by Crippen LogP contribution is 2.25. The highest BCUT2D eigenvalue weighted by molar-refractivity contribution is 5.94. The van der Waals surface area contributed by atoms with E-state index in [4.69, 9.17) is 9.47 Å². The van der Waals surface area contributed by atoms with Crippen molar-refractivity contribution in [2.24, 2.45) is 0 Å². The van der Waals surface area contributed by atoms with Crippen LogP contribution in [0.15, 0.2) is 66.7 Å². The van der Waals surface area contributed by atoms with Crippen LogP contribution in [0.5, 0.6) is 11.5 Å². The Morgan fingerprint density at radius 2 is 1.67 bits per heavy atom. The lowest BCUT2D eigenvalue weighted by Gasteiger charge is -2.15. The molecule has 0 saturated heterocycles. The molecular weight excluding hydrogens is 342 g/mol. The van der Waals surface area contributed by atoms with Crippen LogP contribution < -0.4 is 14.8 Å². The molecule has 0 aliphatic heterocycles. The molecule has 27 heavy (non-hydrogen) atoms. The highest BCUT2D eigenvalue weighted by atomic mass is 16.5. The molecule has 140 valence electrons. The van der Waals surface area contributed by atoms with Gasteiger partial charge in [0.05, 0.1) is 0 Å². The highest BCUT2D eigenvalue weighted by Gasteiger charge is 2.09. The number of benzene rings is 3. The molecule has 0 heterocycles. The first kappa shape index (κ1) is 18.7. The van der Waals surface area contributed by atoms with Gasteiger partial charge in [0.25, 0.3) is 5.91 Å². The molecule has 0 spiro atoms. The van der Waals surface area contributed by atoms with Crippen LogP contribution >= 0.6 is 0 Å². The summed E-state index contributed by atoms with van der Waals surface area (Å²) in [5, 5.41) is 15.0. The molecule has 0 aliphatic rings. The fourth-order valence-electron chi connectivity index (χ4n) is 2.71. The van der Waals surface area contributed by atoms with E-state index in [9.17, 15) is 9.90 Å². The average Bonchev–Trinajstić information content (AvgIpc) is 2.71. The monoisotopic (exact) mass is 365 g/mol. The molecule has 0 bridgehead atoms. The number of amides is 1. The lowest BCUT2D eigenvalue weighted by atomic mass is 10.1. The molecule has 5 nitrogen and oxygen atoms in total. The fourth-order valence-corrected chi connectivity index (χ4v) is 2.71. The van der Waals surface area contributed by atoms with Gasteiger partial charge in [-0.15, -0.1) is 0 Å². The maximum absolute atomic E-state index is 11.7. The van der Waals surface area contributed by atoms with Gasteiger partial charge in [0, 0.05) is 17.5 Å². The Morgan fingerprint density at radius 1 is 0.963 bits per heavy atom. The second-order valence-corrected chi connectivity index (χ2v) is 6.14. The van der Waals surface area contributed by atoms with Crippen molar-refractivity contribution in [2.75, 3.05) is 19.8 Å². The Bertz CT molecular complexity index is 887. The SMILES string of the molecule is CCNC(=O)c1ccc(OCC(O)COc2cccc3ccccc23)cc1. The fraction of sp³-hybridized carbons (Fsp3) is 0.227. The van der Waals surface area contributed by atoms with Gasteiger partial charge in [-0.1, -0.05) is 36.4 Å². The summed E-state index contributed by atoms with van der Waals surface area (Å²) in [5.74, 6) is 1.21. The molecule has 3 aromatic rings. The van der Waals surface area contributed by atoms with Gasteiger partial charge in [-0.25, -0.2) is 0 Å². The number of nitrogens with one attached hydrogen (secondary N) is 1. The zero-order valence-electron chi connectivity index (χ0n) is 15.2. The van der Waals surface area contributed by atoms with Crippen molar-refractivity contribution in [1.29, 1.82) is 0 Å². The molecule has 0 aromatic heterocycles. The van der Waals surface area contributed by atoms with E-state index in [-0.39, 0.29) is 19.1 Å². The number of aliphatic hydroxyl groups excluding tert-OH is 1. The van der Waals surface area contributed by atoms with Crippen LogP contribution in [0, 0.1) is 0 Å². The van der Waals surface area contributed by atoms with Crippen molar-refractivity contribution in [1.82, 2.24) is 5.32 Å². The van der Waals surface area contributed by atoms with Crippen molar-refractivity contribution >= 4 is 16.7 Å². The van der Waals surface area contributed by atoms with Gasteiger partial charge in [0.15, 0.2) is 0 Å². The van der Waals surface area contributed by atoms with Gasteiger partial charge in [-0.05, 0) is 42.6 Å². The standard InChI is InChI=1S/C22H23NO4/c1-2-23-22(25)17-10-12-19(13-11-17)26-14-18(24)15-27-21-9-5-7-16-6-3-4-8-20(16)21/h3-13,18,24H,2,14-15H2,1H3,(H,23,25). The largest absolute Gasteiger partial charge is 0.491 e. The summed E-state index contributed by atoms with van der Waals surface area (Å²) in [6.45, 7) is 2.69. The molecule has 0 saturated carbocycles. The second-order valence-electron chi connectivity index (χ2n) is 6.14. The molecule has 0 fully saturated rings. The van der Waals surface area contributed by atoms with Crippen LogP contribution in [0.3, 0.4) is 0 Å². The van der Waals surface area contributed by atoms with E-state index in [2.05, 4.69) is 5.32 Å². The number of hydrogen-bond donors (Lipinski definition) is 2. The Kier molecular flexibility index (Phi) is 6.28. The van der Waals surface area contributed by atoms with E-state index in [1.165, 1.54) is 0 Å². The Hall–Kier alpha value is -3.05. The molecule has 5 heteroatoms. The topological polar surface area (TPSA) is 67.8 Å². The van der Waals surface area contributed by atoms with Crippen LogP contribution in [0.1, 0.15) is 17.3 Å². The minimum absolute atomic E-state index is 0.102. The Labute approximate surface area is 158 Å². The molecule has 1 unspecified atom stereocenters. The van der Waals surface area contributed by atoms with Crippen LogP contribution in [0.2, 0.25) is 0 Å². The minimum Gasteiger partial charge on any atom is -0.491 e. The summed E-state index contributed by atoms with van der Waals surface area (Å²) in [5.41, 5.74) is 0.573. The smallest absolute Gasteiger partial charge is 0.251 e. The molecule has 1 atom stereocenters. The van der Waals surface area contributed by atoms with Crippen molar-refractivity contribution < 1.29 is 19.4 Å². The summed E-state index contributed by atoms with van der Waals surface area (Å²) in [4.78, 5) is 11.7. The van der Waals surface area contributed by atoms with Crippen LogP contribution in [-0.4, -0.2) is 36.9 Å². The van der Waals surface area contributed by atoms with Crippen LogP contribution in [0.25, 0.3) is 10.8 Å². The summed E-state index contributed by atoms with van der Waals surface area (Å²) in [6.07, 6.45) is -0.771. The van der Waals surface area contributed by atoms with Crippen molar-refractivity contribution in [3.8, 4) is 11.5 Å². The number of fused-ring (bicyclic) bond motifs is 1. The molecule has 2 N–H and O–H groups in total. The lowest BCUT2D eigenvalue weighted by Crippen LogP contribution is -2.25. The van der Waals surface area contributed by atoms with Crippen molar-refractivity contribution in [3.63, 3.8) is 0 Å². The van der Waals surface area contributed by atoms with E-state index in [1.807, 2.05) is 49.4 Å². The quantitative estimate of drug-likeness (QED) is 0.642. The third-order valence-corrected chi connectivity index (χ3v) is 4.08. The van der Waals surface area contributed by atoms with Gasteiger partial charge in [-0.2, -0.15) is 0 Å². The minimum atomic E-state index is -0.771. The summed E-state index contributed by atoms with van der Waals surface area (Å²) < 4.78 is 11.3. The lowest BCUT2D eigenvalue weighted by molar-refractivity contribution is 0.0631. The summed E-state index contributed by atoms with van der Waals surface area (Å²) in [7, 11) is 0. The zero-order valence-corrected chi connectivity index (χ0v) is 15.2. The molecule has 1 amide bonds. The molecule has 3 aromatic carbocycles. The zero-order chi connectivity index (χ0) is 19.1. The number of aliphatic hydroxyl groups is 1. The number of carbonyl (C=O) groups excluding carboxylic acids is 1. The first-order valence-electron chi connectivity index (χ1n) is 8.97. The van der Waals surface area contributed by atoms with Crippen LogP contribution in [-0.2, 0) is 0 Å². The van der Waals surface area contributed by atoms with Gasteiger partial charge < -0.3 is 19.9 Å². The second kappa shape index (κ2) is 9.05. The first-order valence-corrected chi connectivity index (χ1v) is 8.97. The van der Waals surface area contributed by atoms with Gasteiger partial charge in [0.1, 0.15) is 30.8 Å². The molecule has 3 rings (SSSR count). The predicted molar refractivity (Wildman–Crippen MR) is 105 cm³/mol. The number of ether oxygens (including phenoxy) is 2. The van der Waals surface area contributed by atoms with E-state index >= 15 is 0 Å². The molecule has 0 aliphatic carbocycles. The van der Waals surface area contributed by atoms with Gasteiger partial charge in [-0.3, -0.25) is 4.79 Å². The third-order valence-electron chi connectivity index (χ3n) is 4.08. The maximum atomic E-state index is 11.7. The number of hydrogen-bond acceptors (Lipinski definition) is 4. The van der Waals surface area contributed by atoms with Crippen molar-refractivity contribution in [3.05, 3.63) is 72.3 Å². The first-order chi connectivity index (χ1) is 13.2. The normalized spacial score (nSPS) is 11.8. The van der Waals surface area contributed by atoms with E-state index < -0.39 is 6.10 Å². The van der Waals surface area contributed by atoms with E-state index in [0.29, 0.717) is 17.9 Å². The van der Waals surface area contributed by atoms with Gasteiger partial charge >= 0.3 is 0 Å². The van der Waals surface area contributed by atoms with Crippen molar-refractivity contribution in [2.45, 2.75) is 13.0 Å². The van der Waals surface area contributed by atoms with E-state index in [1.54, 1.807) is 24.3 Å². The molecular formula is C22H23NO4. The van der Waals surface area contributed by atoms with E-state index in [0.717, 1.165) is 16.5 Å². The predicted octanol–water partition coefficient (Wildman–Crippen LogP) is 3.41. The average molecular weight is 365 g/mol. The number of carbonyl (C=O) groups is 1. The summed E-state index contributed by atoms with van der Waals surface area (Å²) in [6, 6.07) is 20.6. The summed E-state index contributed by atoms with van der Waals surface area (Å²) >= 11 is 0. The van der Waals surface area contributed by atoms with Gasteiger partial charge in [0.2, 0.25) is 0 Å².